The average Bonchev–Trinajstić information content (AvgIpc) is 2.39. The number of amides is 1. The summed E-state index contributed by atoms with van der Waals surface area (Å²) in [5.41, 5.74) is 6.53. The first kappa shape index (κ1) is 11.5. The second kappa shape index (κ2) is 4.93. The van der Waals surface area contributed by atoms with Crippen molar-refractivity contribution < 1.29 is 4.79 Å². The molecule has 1 heterocycles. The van der Waals surface area contributed by atoms with Gasteiger partial charge in [-0.1, -0.05) is 6.07 Å². The van der Waals surface area contributed by atoms with Crippen LogP contribution >= 0.6 is 0 Å². The van der Waals surface area contributed by atoms with Crippen molar-refractivity contribution in [2.75, 3.05) is 11.1 Å². The summed E-state index contributed by atoms with van der Waals surface area (Å²) >= 11 is 0. The second-order valence-corrected chi connectivity index (χ2v) is 3.49. The van der Waals surface area contributed by atoms with Crippen molar-refractivity contribution in [1.29, 1.82) is 5.26 Å². The van der Waals surface area contributed by atoms with Crippen LogP contribution in [-0.4, -0.2) is 16.1 Å². The number of aromatic nitrogens is 2. The Hall–Kier alpha value is -2.94. The van der Waals surface area contributed by atoms with Gasteiger partial charge in [-0.3, -0.25) is 4.79 Å². The zero-order valence-corrected chi connectivity index (χ0v) is 9.29. The smallest absolute Gasteiger partial charge is 0.276 e. The van der Waals surface area contributed by atoms with E-state index in [1.54, 1.807) is 24.3 Å². The van der Waals surface area contributed by atoms with Crippen LogP contribution in [0.25, 0.3) is 0 Å². The molecule has 1 amide bonds. The molecule has 0 aliphatic heterocycles. The fraction of sp³-hybridized carbons (Fsp3) is 0. The fourth-order valence-corrected chi connectivity index (χ4v) is 1.33. The molecule has 0 spiro atoms. The molecule has 18 heavy (non-hydrogen) atoms. The lowest BCUT2D eigenvalue weighted by molar-refractivity contribution is 0.102. The minimum atomic E-state index is -0.405. The molecule has 3 N–H and O–H groups in total. The summed E-state index contributed by atoms with van der Waals surface area (Å²) < 4.78 is 0. The third kappa shape index (κ3) is 2.59. The summed E-state index contributed by atoms with van der Waals surface area (Å²) in [6.07, 6.45) is 0. The van der Waals surface area contributed by atoms with Crippen LogP contribution in [0.4, 0.5) is 11.5 Å². The van der Waals surface area contributed by atoms with Gasteiger partial charge in [-0.05, 0) is 30.3 Å². The van der Waals surface area contributed by atoms with Crippen LogP contribution in [0.5, 0.6) is 0 Å². The Labute approximate surface area is 103 Å². The average molecular weight is 239 g/mol. The molecule has 2 rings (SSSR count). The molecule has 0 saturated carbocycles. The van der Waals surface area contributed by atoms with Gasteiger partial charge in [0.15, 0.2) is 5.69 Å². The Morgan fingerprint density at radius 2 is 2.11 bits per heavy atom. The highest BCUT2D eigenvalue weighted by Crippen LogP contribution is 2.11. The van der Waals surface area contributed by atoms with Crippen LogP contribution < -0.4 is 11.1 Å². The van der Waals surface area contributed by atoms with E-state index in [1.165, 1.54) is 12.1 Å². The van der Waals surface area contributed by atoms with Crippen LogP contribution in [0, 0.1) is 11.3 Å². The highest BCUT2D eigenvalue weighted by atomic mass is 16.1. The number of nitrogen functional groups attached to an aromatic ring is 1. The van der Waals surface area contributed by atoms with Crippen molar-refractivity contribution in [1.82, 2.24) is 10.2 Å². The first-order valence-electron chi connectivity index (χ1n) is 5.10. The number of nitrogens with zero attached hydrogens (tertiary/aromatic N) is 3. The normalized spacial score (nSPS) is 9.50. The number of nitriles is 1. The van der Waals surface area contributed by atoms with E-state index in [1.807, 2.05) is 6.07 Å². The third-order valence-corrected chi connectivity index (χ3v) is 2.17. The largest absolute Gasteiger partial charge is 0.382 e. The lowest BCUT2D eigenvalue weighted by Crippen LogP contribution is -2.14. The minimum absolute atomic E-state index is 0.159. The summed E-state index contributed by atoms with van der Waals surface area (Å²) in [7, 11) is 0. The standard InChI is InChI=1S/C12H9N5O/c13-7-8-2-1-3-9(6-8)15-12(18)10-4-5-11(14)17-16-10/h1-6H,(H2,14,17)(H,15,18). The molecule has 0 aliphatic rings. The van der Waals surface area contributed by atoms with Crippen LogP contribution in [0.3, 0.4) is 0 Å². The summed E-state index contributed by atoms with van der Waals surface area (Å²) in [6.45, 7) is 0. The van der Waals surface area contributed by atoms with Gasteiger partial charge in [-0.25, -0.2) is 0 Å². The molecule has 0 atom stereocenters. The second-order valence-electron chi connectivity index (χ2n) is 3.49. The van der Waals surface area contributed by atoms with Crippen molar-refractivity contribution >= 4 is 17.4 Å². The predicted molar refractivity (Wildman–Crippen MR) is 65.6 cm³/mol. The first-order chi connectivity index (χ1) is 8.69. The third-order valence-electron chi connectivity index (χ3n) is 2.17. The number of hydrogen-bond donors (Lipinski definition) is 2. The van der Waals surface area contributed by atoms with E-state index in [2.05, 4.69) is 15.5 Å². The van der Waals surface area contributed by atoms with Gasteiger partial charge in [-0.15, -0.1) is 10.2 Å². The number of nitrogens with one attached hydrogen (secondary N) is 1. The maximum atomic E-state index is 11.8. The molecule has 0 fully saturated rings. The molecule has 0 saturated heterocycles. The Kier molecular flexibility index (Phi) is 3.16. The molecule has 0 unspecified atom stereocenters. The molecule has 0 bridgehead atoms. The molecule has 88 valence electrons. The van der Waals surface area contributed by atoms with Gasteiger partial charge in [0.05, 0.1) is 11.6 Å². The number of carbonyl (C=O) groups excluding carboxylic acids is 1. The van der Waals surface area contributed by atoms with E-state index >= 15 is 0 Å². The number of rotatable bonds is 2. The van der Waals surface area contributed by atoms with Crippen molar-refractivity contribution in [3.8, 4) is 6.07 Å². The van der Waals surface area contributed by atoms with Gasteiger partial charge in [0, 0.05) is 5.69 Å². The maximum absolute atomic E-state index is 11.8. The van der Waals surface area contributed by atoms with E-state index in [0.29, 0.717) is 11.3 Å². The van der Waals surface area contributed by atoms with E-state index in [4.69, 9.17) is 11.0 Å². The van der Waals surface area contributed by atoms with Crippen molar-refractivity contribution in [3.05, 3.63) is 47.7 Å². The number of carbonyl (C=O) groups is 1. The fourth-order valence-electron chi connectivity index (χ4n) is 1.33. The molecular formula is C12H9N5O. The van der Waals surface area contributed by atoms with Crippen molar-refractivity contribution in [2.45, 2.75) is 0 Å². The van der Waals surface area contributed by atoms with Crippen molar-refractivity contribution in [2.24, 2.45) is 0 Å². The zero-order chi connectivity index (χ0) is 13.0. The summed E-state index contributed by atoms with van der Waals surface area (Å²) in [5, 5.41) is 18.6. The number of anilines is 2. The molecular weight excluding hydrogens is 230 g/mol. The van der Waals surface area contributed by atoms with Gasteiger partial charge in [0.1, 0.15) is 5.82 Å². The zero-order valence-electron chi connectivity index (χ0n) is 9.29. The lowest BCUT2D eigenvalue weighted by atomic mass is 10.2. The van der Waals surface area contributed by atoms with Gasteiger partial charge >= 0.3 is 0 Å². The minimum Gasteiger partial charge on any atom is -0.382 e. The summed E-state index contributed by atoms with van der Waals surface area (Å²) in [4.78, 5) is 11.8. The molecule has 6 nitrogen and oxygen atoms in total. The predicted octanol–water partition coefficient (Wildman–Crippen LogP) is 1.18. The SMILES string of the molecule is N#Cc1cccc(NC(=O)c2ccc(N)nn2)c1. The van der Waals surface area contributed by atoms with E-state index < -0.39 is 5.91 Å². The Balaban J connectivity index is 2.16. The van der Waals surface area contributed by atoms with Gasteiger partial charge in [-0.2, -0.15) is 5.26 Å². The molecule has 6 heteroatoms. The molecule has 0 radical (unpaired) electrons. The van der Waals surface area contributed by atoms with Crippen LogP contribution in [0.1, 0.15) is 16.1 Å². The molecule has 0 aliphatic carbocycles. The summed E-state index contributed by atoms with van der Waals surface area (Å²) in [6, 6.07) is 11.6. The van der Waals surface area contributed by atoms with Gasteiger partial charge in [0.25, 0.3) is 5.91 Å². The van der Waals surface area contributed by atoms with Gasteiger partial charge in [0.2, 0.25) is 0 Å². The number of hydrogen-bond acceptors (Lipinski definition) is 5. The van der Waals surface area contributed by atoms with Crippen molar-refractivity contribution in [3.63, 3.8) is 0 Å². The molecule has 1 aromatic carbocycles. The van der Waals surface area contributed by atoms with E-state index in [9.17, 15) is 4.79 Å². The van der Waals surface area contributed by atoms with Gasteiger partial charge < -0.3 is 11.1 Å². The highest BCUT2D eigenvalue weighted by Gasteiger charge is 2.08. The van der Waals surface area contributed by atoms with E-state index in [-0.39, 0.29) is 11.5 Å². The first-order valence-corrected chi connectivity index (χ1v) is 5.10. The lowest BCUT2D eigenvalue weighted by Gasteiger charge is -2.04. The van der Waals surface area contributed by atoms with Crippen LogP contribution in [0.2, 0.25) is 0 Å². The number of nitrogens with two attached hydrogens (primary N) is 1. The Morgan fingerprint density at radius 1 is 1.28 bits per heavy atom. The van der Waals surface area contributed by atoms with E-state index in [0.717, 1.165) is 0 Å². The topological polar surface area (TPSA) is 105 Å². The molecule has 1 aromatic heterocycles. The Bertz CT molecular complexity index is 615. The highest BCUT2D eigenvalue weighted by molar-refractivity contribution is 6.02. The van der Waals surface area contributed by atoms with Crippen LogP contribution in [0.15, 0.2) is 36.4 Å². The van der Waals surface area contributed by atoms with Crippen LogP contribution in [-0.2, 0) is 0 Å². The quantitative estimate of drug-likeness (QED) is 0.818. The maximum Gasteiger partial charge on any atom is 0.276 e. The molecule has 2 aromatic rings. The monoisotopic (exact) mass is 239 g/mol. The summed E-state index contributed by atoms with van der Waals surface area (Å²) in [5.74, 6) is -0.157. The Morgan fingerprint density at radius 3 is 2.78 bits per heavy atom. The number of benzene rings is 1.